The zero-order valence-corrected chi connectivity index (χ0v) is 11.2. The van der Waals surface area contributed by atoms with Crippen LogP contribution in [0.1, 0.15) is 42.5 Å². The van der Waals surface area contributed by atoms with E-state index in [1.807, 2.05) is 0 Å². The molecule has 1 unspecified atom stereocenters. The van der Waals surface area contributed by atoms with E-state index in [1.165, 1.54) is 36.1 Å². The average molecular weight is 289 g/mol. The lowest BCUT2D eigenvalue weighted by Crippen LogP contribution is -2.08. The maximum atomic E-state index is 6.20. The second kappa shape index (κ2) is 4.84. The van der Waals surface area contributed by atoms with Crippen molar-refractivity contribution in [2.24, 2.45) is 0 Å². The third-order valence-corrected chi connectivity index (χ3v) is 4.32. The Morgan fingerprint density at radius 3 is 2.93 bits per heavy atom. The van der Waals surface area contributed by atoms with Crippen LogP contribution >= 0.6 is 27.5 Å². The van der Waals surface area contributed by atoms with Crippen LogP contribution in [0.4, 0.5) is 0 Å². The number of halogens is 2. The van der Waals surface area contributed by atoms with Gasteiger partial charge in [0.15, 0.2) is 0 Å². The molecule has 82 valence electrons. The first kappa shape index (κ1) is 11.4. The highest BCUT2D eigenvalue weighted by Gasteiger charge is 2.16. The van der Waals surface area contributed by atoms with E-state index < -0.39 is 0 Å². The summed E-state index contributed by atoms with van der Waals surface area (Å²) in [7, 11) is 0. The summed E-state index contributed by atoms with van der Waals surface area (Å²) in [6, 6.07) is 2.26. The molecule has 1 heterocycles. The predicted molar refractivity (Wildman–Crippen MR) is 68.1 cm³/mol. The lowest BCUT2D eigenvalue weighted by Gasteiger charge is -2.18. The molecule has 1 atom stereocenters. The maximum Gasteiger partial charge on any atom is 0.132 e. The van der Waals surface area contributed by atoms with Gasteiger partial charge in [0.1, 0.15) is 5.15 Å². The van der Waals surface area contributed by atoms with Crippen LogP contribution in [0.5, 0.6) is 0 Å². The first-order valence-corrected chi connectivity index (χ1v) is 6.96. The molecule has 1 aromatic rings. The monoisotopic (exact) mass is 287 g/mol. The number of hydrogen-bond donors (Lipinski definition) is 0. The first-order chi connectivity index (χ1) is 7.22. The van der Waals surface area contributed by atoms with Crippen molar-refractivity contribution < 1.29 is 0 Å². The lowest BCUT2D eigenvalue weighted by atomic mass is 9.93. The van der Waals surface area contributed by atoms with Crippen LogP contribution in [0.3, 0.4) is 0 Å². The summed E-state index contributed by atoms with van der Waals surface area (Å²) < 4.78 is 0. The van der Waals surface area contributed by atoms with Crippen molar-refractivity contribution >= 4 is 27.5 Å². The Morgan fingerprint density at radius 2 is 2.20 bits per heavy atom. The van der Waals surface area contributed by atoms with Crippen LogP contribution in [0, 0.1) is 0 Å². The number of hydrogen-bond acceptors (Lipinski definition) is 1. The third kappa shape index (κ3) is 2.36. The van der Waals surface area contributed by atoms with E-state index in [4.69, 9.17) is 11.6 Å². The van der Waals surface area contributed by atoms with Gasteiger partial charge in [-0.3, -0.25) is 0 Å². The van der Waals surface area contributed by atoms with E-state index in [0.717, 1.165) is 11.8 Å². The molecule has 2 rings (SSSR count). The predicted octanol–water partition coefficient (Wildman–Crippen LogP) is 4.11. The van der Waals surface area contributed by atoms with Gasteiger partial charge >= 0.3 is 0 Å². The van der Waals surface area contributed by atoms with Crippen molar-refractivity contribution in [1.29, 1.82) is 0 Å². The third-order valence-electron chi connectivity index (χ3n) is 3.04. The number of alkyl halides is 1. The minimum atomic E-state index is 0.442. The molecule has 0 radical (unpaired) electrons. The molecule has 0 bridgehead atoms. The van der Waals surface area contributed by atoms with E-state index in [9.17, 15) is 0 Å². The van der Waals surface area contributed by atoms with E-state index in [2.05, 4.69) is 33.9 Å². The van der Waals surface area contributed by atoms with Gasteiger partial charge in [0.2, 0.25) is 0 Å². The van der Waals surface area contributed by atoms with Gasteiger partial charge in [-0.05, 0) is 42.7 Å². The van der Waals surface area contributed by atoms with Crippen LogP contribution in [-0.4, -0.2) is 10.3 Å². The van der Waals surface area contributed by atoms with Gasteiger partial charge in [0.05, 0.1) is 0 Å². The molecule has 0 aliphatic heterocycles. The first-order valence-electron chi connectivity index (χ1n) is 5.46. The minimum absolute atomic E-state index is 0.442. The number of pyridine rings is 1. The summed E-state index contributed by atoms with van der Waals surface area (Å²) in [5, 5.41) is 1.63. The number of aromatic nitrogens is 1. The summed E-state index contributed by atoms with van der Waals surface area (Å²) in [5.74, 6) is 0.442. The fourth-order valence-electron chi connectivity index (χ4n) is 2.05. The summed E-state index contributed by atoms with van der Waals surface area (Å²) in [6.07, 6.45) is 4.81. The number of aryl methyl sites for hydroxylation is 2. The normalized spacial score (nSPS) is 17.3. The van der Waals surface area contributed by atoms with Crippen LogP contribution in [-0.2, 0) is 12.8 Å². The number of nitrogens with zero attached hydrogens (tertiary/aromatic N) is 1. The Balaban J connectivity index is 2.40. The quantitative estimate of drug-likeness (QED) is 0.589. The Labute approximate surface area is 104 Å². The molecule has 0 saturated carbocycles. The van der Waals surface area contributed by atoms with Crippen molar-refractivity contribution in [1.82, 2.24) is 4.98 Å². The molecule has 1 aliphatic carbocycles. The van der Waals surface area contributed by atoms with Crippen molar-refractivity contribution in [2.45, 2.75) is 38.5 Å². The SMILES string of the molecule is CC(CBr)c1cc2c(nc1Cl)CCCC2. The molecule has 1 nitrogen and oxygen atoms in total. The van der Waals surface area contributed by atoms with Gasteiger partial charge in [-0.25, -0.2) is 4.98 Å². The molecular weight excluding hydrogens is 273 g/mol. The molecular formula is C12H15BrClN. The molecule has 0 saturated heterocycles. The summed E-state index contributed by atoms with van der Waals surface area (Å²) in [4.78, 5) is 4.53. The summed E-state index contributed by atoms with van der Waals surface area (Å²) >= 11 is 9.70. The molecule has 1 aliphatic rings. The zero-order valence-electron chi connectivity index (χ0n) is 8.89. The second-order valence-electron chi connectivity index (χ2n) is 4.24. The fraction of sp³-hybridized carbons (Fsp3) is 0.583. The maximum absolute atomic E-state index is 6.20. The molecule has 1 aromatic heterocycles. The largest absolute Gasteiger partial charge is 0.241 e. The van der Waals surface area contributed by atoms with Crippen LogP contribution in [0.15, 0.2) is 6.07 Å². The van der Waals surface area contributed by atoms with Crippen molar-refractivity contribution in [3.05, 3.63) is 28.0 Å². The smallest absolute Gasteiger partial charge is 0.132 e. The molecule has 0 spiro atoms. The van der Waals surface area contributed by atoms with Crippen molar-refractivity contribution in [3.8, 4) is 0 Å². The Bertz CT molecular complexity index is 365. The molecule has 0 amide bonds. The molecule has 3 heteroatoms. The van der Waals surface area contributed by atoms with E-state index in [1.54, 1.807) is 0 Å². The lowest BCUT2D eigenvalue weighted by molar-refractivity contribution is 0.663. The zero-order chi connectivity index (χ0) is 10.8. The Morgan fingerprint density at radius 1 is 1.47 bits per heavy atom. The Hall–Kier alpha value is -0.0800. The van der Waals surface area contributed by atoms with E-state index in [-0.39, 0.29) is 0 Å². The second-order valence-corrected chi connectivity index (χ2v) is 5.24. The van der Waals surface area contributed by atoms with Gasteiger partial charge in [-0.1, -0.05) is 40.5 Å². The highest BCUT2D eigenvalue weighted by molar-refractivity contribution is 9.09. The molecule has 15 heavy (non-hydrogen) atoms. The van der Waals surface area contributed by atoms with Crippen LogP contribution in [0.25, 0.3) is 0 Å². The van der Waals surface area contributed by atoms with Crippen LogP contribution < -0.4 is 0 Å². The highest BCUT2D eigenvalue weighted by atomic mass is 79.9. The standard InChI is InChI=1S/C12H15BrClN/c1-8(7-13)10-6-9-4-2-3-5-11(9)15-12(10)14/h6,8H,2-5,7H2,1H3. The van der Waals surface area contributed by atoms with E-state index in [0.29, 0.717) is 11.1 Å². The number of fused-ring (bicyclic) bond motifs is 1. The Kier molecular flexibility index (Phi) is 3.68. The van der Waals surface area contributed by atoms with Gasteiger partial charge in [-0.2, -0.15) is 0 Å². The van der Waals surface area contributed by atoms with Crippen LogP contribution in [0.2, 0.25) is 5.15 Å². The molecule has 0 aromatic carbocycles. The van der Waals surface area contributed by atoms with Gasteiger partial charge in [0.25, 0.3) is 0 Å². The van der Waals surface area contributed by atoms with Gasteiger partial charge in [-0.15, -0.1) is 0 Å². The van der Waals surface area contributed by atoms with Crippen molar-refractivity contribution in [2.75, 3.05) is 5.33 Å². The summed E-state index contributed by atoms with van der Waals surface area (Å²) in [6.45, 7) is 2.17. The number of rotatable bonds is 2. The fourth-order valence-corrected chi connectivity index (χ4v) is 2.75. The average Bonchev–Trinajstić information content (AvgIpc) is 2.27. The van der Waals surface area contributed by atoms with Crippen molar-refractivity contribution in [3.63, 3.8) is 0 Å². The topological polar surface area (TPSA) is 12.9 Å². The van der Waals surface area contributed by atoms with E-state index >= 15 is 0 Å². The minimum Gasteiger partial charge on any atom is -0.241 e. The molecule has 0 N–H and O–H groups in total. The van der Waals surface area contributed by atoms with Gasteiger partial charge < -0.3 is 0 Å². The molecule has 0 fully saturated rings. The summed E-state index contributed by atoms with van der Waals surface area (Å²) in [5.41, 5.74) is 3.82. The van der Waals surface area contributed by atoms with Gasteiger partial charge in [0, 0.05) is 11.0 Å². The highest BCUT2D eigenvalue weighted by Crippen LogP contribution is 2.29.